The minimum atomic E-state index is -0.940. The quantitative estimate of drug-likeness (QED) is 0.804. The summed E-state index contributed by atoms with van der Waals surface area (Å²) in [5.74, 6) is -1.17. The highest BCUT2D eigenvalue weighted by Crippen LogP contribution is 2.14. The van der Waals surface area contributed by atoms with Gasteiger partial charge in [0.15, 0.2) is 0 Å². The first-order valence-electron chi connectivity index (χ1n) is 6.46. The van der Waals surface area contributed by atoms with Crippen molar-refractivity contribution < 1.29 is 14.7 Å². The Kier molecular flexibility index (Phi) is 9.01. The van der Waals surface area contributed by atoms with Crippen molar-refractivity contribution in [1.29, 1.82) is 0 Å². The molecule has 0 spiro atoms. The molecule has 5 nitrogen and oxygen atoms in total. The van der Waals surface area contributed by atoms with E-state index in [-0.39, 0.29) is 24.9 Å². The van der Waals surface area contributed by atoms with Gasteiger partial charge in [0, 0.05) is 10.7 Å². The van der Waals surface area contributed by atoms with Crippen molar-refractivity contribution in [2.75, 3.05) is 18.4 Å². The lowest BCUT2D eigenvalue weighted by Gasteiger charge is -2.26. The van der Waals surface area contributed by atoms with Crippen LogP contribution in [-0.2, 0) is 9.59 Å². The van der Waals surface area contributed by atoms with Crippen LogP contribution >= 0.6 is 24.0 Å². The molecular formula is C14H20Cl2N2O3. The molecule has 1 amide bonds. The maximum atomic E-state index is 12.1. The molecule has 0 aliphatic heterocycles. The molecule has 0 saturated carbocycles. The number of aliphatic carboxylic acids is 1. The van der Waals surface area contributed by atoms with Gasteiger partial charge in [0.1, 0.15) is 0 Å². The van der Waals surface area contributed by atoms with E-state index in [1.54, 1.807) is 36.1 Å². The average molecular weight is 335 g/mol. The molecule has 21 heavy (non-hydrogen) atoms. The zero-order valence-corrected chi connectivity index (χ0v) is 13.6. The molecule has 0 saturated heterocycles. The van der Waals surface area contributed by atoms with E-state index in [0.29, 0.717) is 17.3 Å². The summed E-state index contributed by atoms with van der Waals surface area (Å²) in [6.07, 6.45) is 0.784. The number of carbonyl (C=O) groups is 2. The van der Waals surface area contributed by atoms with E-state index < -0.39 is 12.0 Å². The predicted molar refractivity (Wildman–Crippen MR) is 86.3 cm³/mol. The molecule has 2 N–H and O–H groups in total. The lowest BCUT2D eigenvalue weighted by molar-refractivity contribution is -0.139. The van der Waals surface area contributed by atoms with E-state index in [0.717, 1.165) is 6.42 Å². The summed E-state index contributed by atoms with van der Waals surface area (Å²) in [6, 6.07) is 6.26. The van der Waals surface area contributed by atoms with Crippen LogP contribution in [0, 0.1) is 0 Å². The van der Waals surface area contributed by atoms with Crippen LogP contribution in [0.15, 0.2) is 24.3 Å². The molecule has 118 valence electrons. The molecule has 0 aromatic heterocycles. The second kappa shape index (κ2) is 9.60. The number of amides is 1. The fraction of sp³-hybridized carbons (Fsp3) is 0.429. The van der Waals surface area contributed by atoms with Crippen molar-refractivity contribution in [3.8, 4) is 0 Å². The summed E-state index contributed by atoms with van der Waals surface area (Å²) >= 11 is 5.77. The van der Waals surface area contributed by atoms with Gasteiger partial charge < -0.3 is 10.4 Å². The van der Waals surface area contributed by atoms with Crippen molar-refractivity contribution in [2.45, 2.75) is 26.3 Å². The number of hydrogen-bond donors (Lipinski definition) is 2. The summed E-state index contributed by atoms with van der Waals surface area (Å²) in [4.78, 5) is 24.6. The first-order valence-corrected chi connectivity index (χ1v) is 6.84. The lowest BCUT2D eigenvalue weighted by Crippen LogP contribution is -2.44. The highest BCUT2D eigenvalue weighted by atomic mass is 35.5. The molecule has 1 rings (SSSR count). The Morgan fingerprint density at radius 1 is 1.33 bits per heavy atom. The zero-order chi connectivity index (χ0) is 15.1. The van der Waals surface area contributed by atoms with E-state index in [2.05, 4.69) is 5.32 Å². The average Bonchev–Trinajstić information content (AvgIpc) is 2.39. The molecule has 1 atom stereocenters. The minimum absolute atomic E-state index is 0. The molecule has 0 aliphatic rings. The zero-order valence-electron chi connectivity index (χ0n) is 12.0. The van der Waals surface area contributed by atoms with Gasteiger partial charge in [0.25, 0.3) is 0 Å². The first kappa shape index (κ1) is 19.7. The molecule has 0 heterocycles. The van der Waals surface area contributed by atoms with Gasteiger partial charge >= 0.3 is 5.97 Å². The van der Waals surface area contributed by atoms with Gasteiger partial charge in [-0.2, -0.15) is 0 Å². The molecular weight excluding hydrogens is 315 g/mol. The van der Waals surface area contributed by atoms with Gasteiger partial charge in [-0.05, 0) is 44.2 Å². The summed E-state index contributed by atoms with van der Waals surface area (Å²) in [5, 5.41) is 12.2. The van der Waals surface area contributed by atoms with Crippen molar-refractivity contribution >= 4 is 41.6 Å². The Morgan fingerprint density at radius 3 is 2.38 bits per heavy atom. The van der Waals surface area contributed by atoms with Crippen LogP contribution in [0.5, 0.6) is 0 Å². The molecule has 0 radical (unpaired) electrons. The molecule has 0 fully saturated rings. The van der Waals surface area contributed by atoms with Crippen LogP contribution in [0.2, 0.25) is 5.02 Å². The standard InChI is InChI=1S/C14H19ClN2O3.ClH/c1-3-8-17(9-13(18)19)10(2)14(20)16-12-6-4-11(15)5-7-12;/h4-7,10H,3,8-9H2,1-2H3,(H,16,20)(H,18,19);1H. The fourth-order valence-electron chi connectivity index (χ4n) is 1.82. The van der Waals surface area contributed by atoms with Gasteiger partial charge in [0.2, 0.25) is 5.91 Å². The minimum Gasteiger partial charge on any atom is -0.480 e. The van der Waals surface area contributed by atoms with Crippen LogP contribution in [0.25, 0.3) is 0 Å². The van der Waals surface area contributed by atoms with Gasteiger partial charge in [-0.1, -0.05) is 18.5 Å². The number of anilines is 1. The number of benzene rings is 1. The summed E-state index contributed by atoms with van der Waals surface area (Å²) in [5.41, 5.74) is 0.637. The van der Waals surface area contributed by atoms with E-state index >= 15 is 0 Å². The molecule has 1 unspecified atom stereocenters. The van der Waals surface area contributed by atoms with E-state index in [4.69, 9.17) is 16.7 Å². The number of nitrogens with zero attached hydrogens (tertiary/aromatic N) is 1. The van der Waals surface area contributed by atoms with Crippen molar-refractivity contribution in [1.82, 2.24) is 4.90 Å². The van der Waals surface area contributed by atoms with Gasteiger partial charge in [0.05, 0.1) is 12.6 Å². The third-order valence-electron chi connectivity index (χ3n) is 2.89. The van der Waals surface area contributed by atoms with E-state index in [1.165, 1.54) is 0 Å². The topological polar surface area (TPSA) is 69.6 Å². The SMILES string of the molecule is CCCN(CC(=O)O)C(C)C(=O)Nc1ccc(Cl)cc1.Cl. The van der Waals surface area contributed by atoms with Gasteiger partial charge in [-0.15, -0.1) is 12.4 Å². The van der Waals surface area contributed by atoms with E-state index in [9.17, 15) is 9.59 Å². The lowest BCUT2D eigenvalue weighted by atomic mass is 10.2. The summed E-state index contributed by atoms with van der Waals surface area (Å²) in [6.45, 7) is 4.05. The third kappa shape index (κ3) is 6.80. The molecule has 7 heteroatoms. The van der Waals surface area contributed by atoms with Crippen LogP contribution in [0.4, 0.5) is 5.69 Å². The summed E-state index contributed by atoms with van der Waals surface area (Å²) < 4.78 is 0. The van der Waals surface area contributed by atoms with Crippen LogP contribution in [0.3, 0.4) is 0 Å². The normalized spacial score (nSPS) is 11.6. The highest BCUT2D eigenvalue weighted by molar-refractivity contribution is 6.30. The first-order chi connectivity index (χ1) is 9.43. The van der Waals surface area contributed by atoms with Crippen LogP contribution < -0.4 is 5.32 Å². The number of carboxylic acids is 1. The monoisotopic (exact) mass is 334 g/mol. The fourth-order valence-corrected chi connectivity index (χ4v) is 1.94. The smallest absolute Gasteiger partial charge is 0.317 e. The Bertz CT molecular complexity index is 466. The molecule has 0 bridgehead atoms. The maximum Gasteiger partial charge on any atom is 0.317 e. The Balaban J connectivity index is 0.00000400. The Hall–Kier alpha value is -1.30. The number of halogens is 2. The van der Waals surface area contributed by atoms with Crippen LogP contribution in [0.1, 0.15) is 20.3 Å². The second-order valence-corrected chi connectivity index (χ2v) is 4.97. The Morgan fingerprint density at radius 2 is 1.90 bits per heavy atom. The van der Waals surface area contributed by atoms with Crippen molar-refractivity contribution in [3.05, 3.63) is 29.3 Å². The number of carboxylic acid groups (broad SMARTS) is 1. The number of hydrogen-bond acceptors (Lipinski definition) is 3. The number of nitrogens with one attached hydrogen (secondary N) is 1. The van der Waals surface area contributed by atoms with Gasteiger partial charge in [-0.3, -0.25) is 14.5 Å². The molecule has 0 aliphatic carbocycles. The van der Waals surface area contributed by atoms with Gasteiger partial charge in [-0.25, -0.2) is 0 Å². The largest absolute Gasteiger partial charge is 0.480 e. The maximum absolute atomic E-state index is 12.1. The predicted octanol–water partition coefficient (Wildman–Crippen LogP) is 2.89. The second-order valence-electron chi connectivity index (χ2n) is 4.54. The van der Waals surface area contributed by atoms with Crippen molar-refractivity contribution in [3.63, 3.8) is 0 Å². The van der Waals surface area contributed by atoms with E-state index in [1.807, 2.05) is 6.92 Å². The molecule has 1 aromatic rings. The molecule has 1 aromatic carbocycles. The van der Waals surface area contributed by atoms with Crippen molar-refractivity contribution in [2.24, 2.45) is 0 Å². The number of rotatable bonds is 7. The summed E-state index contributed by atoms with van der Waals surface area (Å²) in [7, 11) is 0. The Labute approximate surface area is 135 Å². The number of carbonyl (C=O) groups excluding carboxylic acids is 1. The highest BCUT2D eigenvalue weighted by Gasteiger charge is 2.22. The third-order valence-corrected chi connectivity index (χ3v) is 3.14. The van der Waals surface area contributed by atoms with Crippen LogP contribution in [-0.4, -0.2) is 41.0 Å².